The van der Waals surface area contributed by atoms with Crippen LogP contribution in [0.4, 0.5) is 0 Å². The molecule has 1 fully saturated rings. The summed E-state index contributed by atoms with van der Waals surface area (Å²) in [5, 5.41) is 29.1. The molecule has 0 aliphatic heterocycles. The van der Waals surface area contributed by atoms with Crippen LogP contribution in [0.25, 0.3) is 0 Å². The SMILES string of the molecule is C[C@@H]1C[C@H](/C=C\[C@@H](O)c2ccccc2)[C@@H](CO)[C@H]1CO. The maximum Gasteiger partial charge on any atom is 0.0971 e. The highest BCUT2D eigenvalue weighted by Crippen LogP contribution is 2.42. The Labute approximate surface area is 120 Å². The minimum atomic E-state index is -0.612. The number of aliphatic hydroxyl groups is 3. The first kappa shape index (κ1) is 15.2. The fourth-order valence-electron chi connectivity index (χ4n) is 3.34. The van der Waals surface area contributed by atoms with E-state index in [1.165, 1.54) is 0 Å². The number of aliphatic hydroxyl groups excluding tert-OH is 3. The van der Waals surface area contributed by atoms with Crippen molar-refractivity contribution in [2.24, 2.45) is 23.7 Å². The summed E-state index contributed by atoms with van der Waals surface area (Å²) in [6.07, 6.45) is 4.15. The molecule has 0 aromatic heterocycles. The molecule has 3 heteroatoms. The summed E-state index contributed by atoms with van der Waals surface area (Å²) >= 11 is 0. The lowest BCUT2D eigenvalue weighted by molar-refractivity contribution is 0.112. The van der Waals surface area contributed by atoms with Gasteiger partial charge in [0.15, 0.2) is 0 Å². The summed E-state index contributed by atoms with van der Waals surface area (Å²) in [6, 6.07) is 9.52. The van der Waals surface area contributed by atoms with E-state index >= 15 is 0 Å². The number of allylic oxidation sites excluding steroid dienone is 1. The average Bonchev–Trinajstić information content (AvgIpc) is 2.80. The molecule has 0 bridgehead atoms. The first-order valence-corrected chi connectivity index (χ1v) is 7.30. The molecule has 0 radical (unpaired) electrons. The number of hydrogen-bond acceptors (Lipinski definition) is 3. The summed E-state index contributed by atoms with van der Waals surface area (Å²) in [7, 11) is 0. The first-order valence-electron chi connectivity index (χ1n) is 7.30. The summed E-state index contributed by atoms with van der Waals surface area (Å²) in [5.74, 6) is 0.879. The Morgan fingerprint density at radius 3 is 2.40 bits per heavy atom. The fraction of sp³-hybridized carbons (Fsp3) is 0.529. The third kappa shape index (κ3) is 3.29. The van der Waals surface area contributed by atoms with Gasteiger partial charge in [-0.3, -0.25) is 0 Å². The van der Waals surface area contributed by atoms with Gasteiger partial charge in [-0.1, -0.05) is 49.4 Å². The Kier molecular flexibility index (Phi) is 5.35. The van der Waals surface area contributed by atoms with Gasteiger partial charge in [0.05, 0.1) is 6.10 Å². The van der Waals surface area contributed by atoms with Crippen LogP contribution >= 0.6 is 0 Å². The van der Waals surface area contributed by atoms with E-state index in [0.717, 1.165) is 12.0 Å². The highest BCUT2D eigenvalue weighted by atomic mass is 16.3. The molecular formula is C17H24O3. The highest BCUT2D eigenvalue weighted by molar-refractivity contribution is 5.21. The Balaban J connectivity index is 2.04. The Hall–Kier alpha value is -1.16. The maximum absolute atomic E-state index is 10.1. The Morgan fingerprint density at radius 1 is 1.15 bits per heavy atom. The average molecular weight is 276 g/mol. The van der Waals surface area contributed by atoms with E-state index in [1.807, 2.05) is 36.4 Å². The van der Waals surface area contributed by atoms with E-state index < -0.39 is 6.10 Å². The van der Waals surface area contributed by atoms with Gasteiger partial charge in [-0.05, 0) is 35.7 Å². The van der Waals surface area contributed by atoms with Gasteiger partial charge < -0.3 is 15.3 Å². The molecule has 1 aromatic rings. The van der Waals surface area contributed by atoms with E-state index in [-0.39, 0.29) is 31.0 Å². The van der Waals surface area contributed by atoms with E-state index in [2.05, 4.69) is 6.92 Å². The predicted molar refractivity (Wildman–Crippen MR) is 79.0 cm³/mol. The summed E-state index contributed by atoms with van der Waals surface area (Å²) in [5.41, 5.74) is 0.869. The molecule has 3 nitrogen and oxygen atoms in total. The second kappa shape index (κ2) is 7.02. The van der Waals surface area contributed by atoms with Crippen LogP contribution in [0.15, 0.2) is 42.5 Å². The van der Waals surface area contributed by atoms with E-state index in [1.54, 1.807) is 6.08 Å². The van der Waals surface area contributed by atoms with Crippen LogP contribution in [0.2, 0.25) is 0 Å². The predicted octanol–water partition coefficient (Wildman–Crippen LogP) is 2.15. The lowest BCUT2D eigenvalue weighted by atomic mass is 9.88. The van der Waals surface area contributed by atoms with Crippen LogP contribution < -0.4 is 0 Å². The van der Waals surface area contributed by atoms with Crippen LogP contribution in [-0.4, -0.2) is 28.5 Å². The maximum atomic E-state index is 10.1. The molecule has 1 aliphatic rings. The van der Waals surface area contributed by atoms with E-state index in [4.69, 9.17) is 0 Å². The summed E-state index contributed by atoms with van der Waals surface area (Å²) in [6.45, 7) is 2.33. The van der Waals surface area contributed by atoms with Crippen molar-refractivity contribution in [1.29, 1.82) is 0 Å². The zero-order valence-corrected chi connectivity index (χ0v) is 11.9. The van der Waals surface area contributed by atoms with Crippen molar-refractivity contribution < 1.29 is 15.3 Å². The third-order valence-corrected chi connectivity index (χ3v) is 4.58. The third-order valence-electron chi connectivity index (χ3n) is 4.58. The van der Waals surface area contributed by atoms with Crippen molar-refractivity contribution in [3.63, 3.8) is 0 Å². The molecule has 1 saturated carbocycles. The normalized spacial score (nSPS) is 31.8. The minimum Gasteiger partial charge on any atom is -0.396 e. The molecule has 0 heterocycles. The Bertz CT molecular complexity index is 429. The zero-order valence-electron chi connectivity index (χ0n) is 11.9. The van der Waals surface area contributed by atoms with Crippen molar-refractivity contribution in [1.82, 2.24) is 0 Å². The number of hydrogen-bond donors (Lipinski definition) is 3. The molecule has 110 valence electrons. The van der Waals surface area contributed by atoms with Crippen molar-refractivity contribution in [3.8, 4) is 0 Å². The number of rotatable bonds is 5. The zero-order chi connectivity index (χ0) is 14.5. The molecule has 5 atom stereocenters. The van der Waals surface area contributed by atoms with Gasteiger partial charge in [-0.2, -0.15) is 0 Å². The van der Waals surface area contributed by atoms with Crippen LogP contribution in [0.3, 0.4) is 0 Å². The van der Waals surface area contributed by atoms with Crippen LogP contribution in [0.5, 0.6) is 0 Å². The van der Waals surface area contributed by atoms with Crippen molar-refractivity contribution in [3.05, 3.63) is 48.0 Å². The van der Waals surface area contributed by atoms with E-state index in [0.29, 0.717) is 5.92 Å². The molecular weight excluding hydrogens is 252 g/mol. The van der Waals surface area contributed by atoms with E-state index in [9.17, 15) is 15.3 Å². The minimum absolute atomic E-state index is 0.0893. The van der Waals surface area contributed by atoms with Gasteiger partial charge in [-0.15, -0.1) is 0 Å². The molecule has 0 unspecified atom stereocenters. The number of benzene rings is 1. The molecule has 0 amide bonds. The smallest absolute Gasteiger partial charge is 0.0971 e. The van der Waals surface area contributed by atoms with Crippen molar-refractivity contribution in [2.45, 2.75) is 19.4 Å². The van der Waals surface area contributed by atoms with Gasteiger partial charge in [0.1, 0.15) is 0 Å². The van der Waals surface area contributed by atoms with Gasteiger partial charge in [0.25, 0.3) is 0 Å². The summed E-state index contributed by atoms with van der Waals surface area (Å²) < 4.78 is 0. The Morgan fingerprint density at radius 2 is 1.80 bits per heavy atom. The molecule has 0 spiro atoms. The standard InChI is InChI=1S/C17H24O3/c1-12-9-14(16(11-19)15(12)10-18)7-8-17(20)13-5-3-2-4-6-13/h2-8,12,14-20H,9-11H2,1H3/b8-7-/t12-,14+,15+,16-,17-/m1/s1. The fourth-order valence-corrected chi connectivity index (χ4v) is 3.34. The van der Waals surface area contributed by atoms with Gasteiger partial charge in [-0.25, -0.2) is 0 Å². The van der Waals surface area contributed by atoms with Crippen LogP contribution in [-0.2, 0) is 0 Å². The van der Waals surface area contributed by atoms with Gasteiger partial charge >= 0.3 is 0 Å². The molecule has 1 aromatic carbocycles. The molecule has 20 heavy (non-hydrogen) atoms. The second-order valence-electron chi connectivity index (χ2n) is 5.81. The summed E-state index contributed by atoms with van der Waals surface area (Å²) in [4.78, 5) is 0. The largest absolute Gasteiger partial charge is 0.396 e. The lowest BCUT2D eigenvalue weighted by Gasteiger charge is -2.20. The highest BCUT2D eigenvalue weighted by Gasteiger charge is 2.38. The molecule has 0 saturated heterocycles. The van der Waals surface area contributed by atoms with Gasteiger partial charge in [0.2, 0.25) is 0 Å². The lowest BCUT2D eigenvalue weighted by Crippen LogP contribution is -2.23. The second-order valence-corrected chi connectivity index (χ2v) is 5.81. The van der Waals surface area contributed by atoms with Crippen molar-refractivity contribution >= 4 is 0 Å². The van der Waals surface area contributed by atoms with Crippen LogP contribution in [0.1, 0.15) is 25.0 Å². The molecule has 3 N–H and O–H groups in total. The van der Waals surface area contributed by atoms with Crippen LogP contribution in [0, 0.1) is 23.7 Å². The van der Waals surface area contributed by atoms with Gasteiger partial charge in [0, 0.05) is 13.2 Å². The van der Waals surface area contributed by atoms with Crippen molar-refractivity contribution in [2.75, 3.05) is 13.2 Å². The topological polar surface area (TPSA) is 60.7 Å². The monoisotopic (exact) mass is 276 g/mol. The molecule has 2 rings (SSSR count). The molecule has 1 aliphatic carbocycles. The quantitative estimate of drug-likeness (QED) is 0.722. The first-order chi connectivity index (χ1) is 9.67.